The Morgan fingerprint density at radius 1 is 1.43 bits per heavy atom. The van der Waals surface area contributed by atoms with Crippen molar-refractivity contribution in [3.8, 4) is 0 Å². The Kier molecular flexibility index (Phi) is 5.39. The smallest absolute Gasteiger partial charge is 0.319 e. The van der Waals surface area contributed by atoms with Crippen molar-refractivity contribution in [2.24, 2.45) is 0 Å². The van der Waals surface area contributed by atoms with Crippen LogP contribution in [0.4, 0.5) is 16.2 Å². The first-order chi connectivity index (χ1) is 10.2. The van der Waals surface area contributed by atoms with Crippen molar-refractivity contribution in [3.63, 3.8) is 0 Å². The number of nitrogens with one attached hydrogen (secondary N) is 3. The molecule has 1 saturated heterocycles. The fraction of sp³-hybridized carbons (Fsp3) is 0.429. The summed E-state index contributed by atoms with van der Waals surface area (Å²) in [6.45, 7) is 2.52. The molecule has 7 nitrogen and oxygen atoms in total. The Morgan fingerprint density at radius 3 is 3.00 bits per heavy atom. The van der Waals surface area contributed by atoms with Gasteiger partial charge in [0.1, 0.15) is 0 Å². The van der Waals surface area contributed by atoms with Gasteiger partial charge in [-0.15, -0.1) is 0 Å². The molecule has 0 aliphatic carbocycles. The van der Waals surface area contributed by atoms with Crippen molar-refractivity contribution in [1.82, 2.24) is 10.6 Å². The molecule has 0 spiro atoms. The number of ether oxygens (including phenoxy) is 1. The second-order valence-corrected chi connectivity index (χ2v) is 4.66. The number of anilines is 2. The van der Waals surface area contributed by atoms with E-state index in [1.807, 2.05) is 29.2 Å². The van der Waals surface area contributed by atoms with Crippen LogP contribution in [0.25, 0.3) is 0 Å². The number of urea groups is 1. The highest BCUT2D eigenvalue weighted by Crippen LogP contribution is 2.25. The number of benzene rings is 1. The lowest BCUT2D eigenvalue weighted by atomic mass is 10.2. The largest absolute Gasteiger partial charge is 0.383 e. The third-order valence-corrected chi connectivity index (χ3v) is 3.12. The number of methoxy groups -OCH3 is 1. The minimum absolute atomic E-state index is 0.0133. The van der Waals surface area contributed by atoms with Crippen LogP contribution in [-0.2, 0) is 9.53 Å². The number of amides is 3. The first kappa shape index (κ1) is 15.1. The third-order valence-electron chi connectivity index (χ3n) is 3.12. The summed E-state index contributed by atoms with van der Waals surface area (Å²) in [5.74, 6) is -0.0133. The molecule has 0 bridgehead atoms. The fourth-order valence-electron chi connectivity index (χ4n) is 2.13. The van der Waals surface area contributed by atoms with Gasteiger partial charge in [-0.3, -0.25) is 4.79 Å². The van der Waals surface area contributed by atoms with Gasteiger partial charge in [-0.25, -0.2) is 4.79 Å². The van der Waals surface area contributed by atoms with Gasteiger partial charge in [-0.05, 0) is 12.1 Å². The number of nitrogens with zero attached hydrogens (tertiary/aromatic N) is 1. The summed E-state index contributed by atoms with van der Waals surface area (Å²) in [5.41, 5.74) is 1.52. The van der Waals surface area contributed by atoms with Gasteiger partial charge >= 0.3 is 6.03 Å². The maximum atomic E-state index is 11.8. The first-order valence-corrected chi connectivity index (χ1v) is 6.85. The summed E-state index contributed by atoms with van der Waals surface area (Å²) in [7, 11) is 1.58. The van der Waals surface area contributed by atoms with Gasteiger partial charge < -0.3 is 25.6 Å². The molecule has 7 heteroatoms. The zero-order valence-electron chi connectivity index (χ0n) is 12.0. The Bertz CT molecular complexity index is 507. The molecule has 3 N–H and O–H groups in total. The van der Waals surface area contributed by atoms with Crippen molar-refractivity contribution in [2.45, 2.75) is 0 Å². The molecule has 114 valence electrons. The van der Waals surface area contributed by atoms with E-state index < -0.39 is 0 Å². The number of hydrogen-bond acceptors (Lipinski definition) is 4. The zero-order chi connectivity index (χ0) is 15.1. The number of piperazine rings is 1. The highest BCUT2D eigenvalue weighted by atomic mass is 16.5. The van der Waals surface area contributed by atoms with E-state index in [9.17, 15) is 9.59 Å². The van der Waals surface area contributed by atoms with E-state index in [4.69, 9.17) is 4.74 Å². The zero-order valence-corrected chi connectivity index (χ0v) is 12.0. The van der Waals surface area contributed by atoms with Crippen molar-refractivity contribution >= 4 is 23.3 Å². The van der Waals surface area contributed by atoms with E-state index >= 15 is 0 Å². The molecule has 2 rings (SSSR count). The molecule has 1 aliphatic heterocycles. The lowest BCUT2D eigenvalue weighted by Crippen LogP contribution is -2.48. The van der Waals surface area contributed by atoms with E-state index in [1.165, 1.54) is 0 Å². The second kappa shape index (κ2) is 7.49. The molecule has 1 aromatic rings. The van der Waals surface area contributed by atoms with Crippen LogP contribution in [0.15, 0.2) is 24.3 Å². The van der Waals surface area contributed by atoms with E-state index in [0.29, 0.717) is 31.9 Å². The van der Waals surface area contributed by atoms with E-state index in [0.717, 1.165) is 12.2 Å². The molecule has 0 radical (unpaired) electrons. The molecule has 1 fully saturated rings. The van der Waals surface area contributed by atoms with Crippen LogP contribution >= 0.6 is 0 Å². The monoisotopic (exact) mass is 292 g/mol. The van der Waals surface area contributed by atoms with Crippen LogP contribution in [-0.4, -0.2) is 51.8 Å². The molecule has 0 unspecified atom stereocenters. The van der Waals surface area contributed by atoms with Crippen LogP contribution in [0.5, 0.6) is 0 Å². The second-order valence-electron chi connectivity index (χ2n) is 4.66. The van der Waals surface area contributed by atoms with E-state index in [-0.39, 0.29) is 11.9 Å². The number of para-hydroxylation sites is 2. The first-order valence-electron chi connectivity index (χ1n) is 6.85. The molecule has 0 atom stereocenters. The lowest BCUT2D eigenvalue weighted by molar-refractivity contribution is -0.120. The van der Waals surface area contributed by atoms with Crippen LogP contribution in [0.2, 0.25) is 0 Å². The van der Waals surface area contributed by atoms with Crippen molar-refractivity contribution < 1.29 is 14.3 Å². The molecule has 0 aromatic heterocycles. The van der Waals surface area contributed by atoms with Crippen LogP contribution in [0.3, 0.4) is 0 Å². The Morgan fingerprint density at radius 2 is 2.24 bits per heavy atom. The number of rotatable bonds is 5. The summed E-state index contributed by atoms with van der Waals surface area (Å²) in [5, 5.41) is 8.28. The van der Waals surface area contributed by atoms with Gasteiger partial charge in [0.2, 0.25) is 5.91 Å². The van der Waals surface area contributed by atoms with Crippen LogP contribution < -0.4 is 20.9 Å². The summed E-state index contributed by atoms with van der Waals surface area (Å²) in [4.78, 5) is 25.2. The Labute approximate surface area is 123 Å². The Balaban J connectivity index is 2.02. The van der Waals surface area contributed by atoms with E-state index in [2.05, 4.69) is 16.0 Å². The molecular formula is C14H20N4O3. The standard InChI is InChI=1S/C14H20N4O3/c1-21-9-7-16-14(20)17-11-4-2-3-5-12(11)18-8-6-15-13(19)10-18/h2-5H,6-10H2,1H3,(H,15,19)(H2,16,17,20). The average Bonchev–Trinajstić information content (AvgIpc) is 2.48. The molecule has 1 heterocycles. The normalized spacial score (nSPS) is 14.5. The number of hydrogen-bond donors (Lipinski definition) is 3. The minimum atomic E-state index is -0.291. The molecule has 3 amide bonds. The molecule has 21 heavy (non-hydrogen) atoms. The fourth-order valence-corrected chi connectivity index (χ4v) is 2.13. The van der Waals surface area contributed by atoms with E-state index in [1.54, 1.807) is 7.11 Å². The molecular weight excluding hydrogens is 272 g/mol. The summed E-state index contributed by atoms with van der Waals surface area (Å²) in [6.07, 6.45) is 0. The minimum Gasteiger partial charge on any atom is -0.383 e. The van der Waals surface area contributed by atoms with Crippen LogP contribution in [0, 0.1) is 0 Å². The summed E-state index contributed by atoms with van der Waals surface area (Å²) >= 11 is 0. The molecule has 1 aliphatic rings. The van der Waals surface area contributed by atoms with Gasteiger partial charge in [0.15, 0.2) is 0 Å². The topological polar surface area (TPSA) is 82.7 Å². The maximum absolute atomic E-state index is 11.8. The van der Waals surface area contributed by atoms with Crippen molar-refractivity contribution in [1.29, 1.82) is 0 Å². The predicted octanol–water partition coefficient (Wildman–Crippen LogP) is 0.391. The van der Waals surface area contributed by atoms with Crippen molar-refractivity contribution in [3.05, 3.63) is 24.3 Å². The molecule has 1 aromatic carbocycles. The highest BCUT2D eigenvalue weighted by Gasteiger charge is 2.19. The Hall–Kier alpha value is -2.28. The SMILES string of the molecule is COCCNC(=O)Nc1ccccc1N1CCNC(=O)C1. The maximum Gasteiger partial charge on any atom is 0.319 e. The summed E-state index contributed by atoms with van der Waals surface area (Å²) in [6, 6.07) is 7.15. The van der Waals surface area contributed by atoms with Gasteiger partial charge in [-0.1, -0.05) is 12.1 Å². The van der Waals surface area contributed by atoms with Crippen molar-refractivity contribution in [2.75, 3.05) is 50.1 Å². The summed E-state index contributed by atoms with van der Waals surface area (Å²) < 4.78 is 4.88. The highest BCUT2D eigenvalue weighted by molar-refractivity contribution is 5.94. The van der Waals surface area contributed by atoms with Gasteiger partial charge in [0.25, 0.3) is 0 Å². The third kappa shape index (κ3) is 4.35. The predicted molar refractivity (Wildman–Crippen MR) is 80.6 cm³/mol. The van der Waals surface area contributed by atoms with Gasteiger partial charge in [-0.2, -0.15) is 0 Å². The molecule has 0 saturated carbocycles. The van der Waals surface area contributed by atoms with Gasteiger partial charge in [0, 0.05) is 26.7 Å². The quantitative estimate of drug-likeness (QED) is 0.686. The van der Waals surface area contributed by atoms with Crippen LogP contribution in [0.1, 0.15) is 0 Å². The number of carbonyl (C=O) groups excluding carboxylic acids is 2. The lowest BCUT2D eigenvalue weighted by Gasteiger charge is -2.30. The van der Waals surface area contributed by atoms with Gasteiger partial charge in [0.05, 0.1) is 24.5 Å². The average molecular weight is 292 g/mol. The number of carbonyl (C=O) groups is 2.